The number of carbonyl (C=O) groups excluding carboxylic acids is 2. The molecular formula is C22H33N3O2. The Morgan fingerprint density at radius 2 is 1.81 bits per heavy atom. The van der Waals surface area contributed by atoms with Crippen LogP contribution in [0.3, 0.4) is 0 Å². The summed E-state index contributed by atoms with van der Waals surface area (Å²) in [6.07, 6.45) is 8.98. The van der Waals surface area contributed by atoms with Crippen LogP contribution in [-0.4, -0.2) is 30.9 Å². The molecule has 1 aromatic carbocycles. The molecule has 1 aromatic rings. The summed E-state index contributed by atoms with van der Waals surface area (Å²) < 4.78 is 0. The molecule has 5 heteroatoms. The standard InChI is InChI=1S/C22H33N3O2/c1-16(2)23-22(27)19-15-18(10-11-20(19)25-13-5-6-14-25)24-21(26)12-9-17-7-3-4-8-17/h10-11,15-17H,3-9,12-14H2,1-2H3,(H,23,27)(H,24,26). The van der Waals surface area contributed by atoms with Gasteiger partial charge in [-0.3, -0.25) is 9.59 Å². The molecule has 0 unspecified atom stereocenters. The van der Waals surface area contributed by atoms with Crippen LogP contribution in [0.1, 0.15) is 75.6 Å². The van der Waals surface area contributed by atoms with Crippen LogP contribution in [0.15, 0.2) is 18.2 Å². The first-order valence-corrected chi connectivity index (χ1v) is 10.5. The highest BCUT2D eigenvalue weighted by atomic mass is 16.2. The van der Waals surface area contributed by atoms with Gasteiger partial charge in [-0.05, 0) is 57.2 Å². The van der Waals surface area contributed by atoms with Gasteiger partial charge in [-0.1, -0.05) is 25.7 Å². The minimum atomic E-state index is -0.0750. The smallest absolute Gasteiger partial charge is 0.253 e. The molecule has 1 heterocycles. The van der Waals surface area contributed by atoms with Crippen molar-refractivity contribution in [3.05, 3.63) is 23.8 Å². The van der Waals surface area contributed by atoms with Crippen molar-refractivity contribution in [3.63, 3.8) is 0 Å². The van der Waals surface area contributed by atoms with E-state index < -0.39 is 0 Å². The first-order chi connectivity index (χ1) is 13.0. The van der Waals surface area contributed by atoms with Crippen molar-refractivity contribution in [2.24, 2.45) is 5.92 Å². The van der Waals surface area contributed by atoms with Gasteiger partial charge in [-0.25, -0.2) is 0 Å². The maximum Gasteiger partial charge on any atom is 0.253 e. The lowest BCUT2D eigenvalue weighted by atomic mass is 10.0. The number of rotatable bonds is 7. The highest BCUT2D eigenvalue weighted by molar-refractivity contribution is 6.02. The highest BCUT2D eigenvalue weighted by Gasteiger charge is 2.21. The van der Waals surface area contributed by atoms with Gasteiger partial charge in [0, 0.05) is 36.9 Å². The molecule has 148 valence electrons. The number of nitrogens with zero attached hydrogens (tertiary/aromatic N) is 1. The molecule has 1 aliphatic carbocycles. The van der Waals surface area contributed by atoms with Gasteiger partial charge >= 0.3 is 0 Å². The van der Waals surface area contributed by atoms with Gasteiger partial charge in [0.25, 0.3) is 5.91 Å². The van der Waals surface area contributed by atoms with E-state index in [1.54, 1.807) is 0 Å². The third-order valence-electron chi connectivity index (χ3n) is 5.65. The number of anilines is 2. The topological polar surface area (TPSA) is 61.4 Å². The molecular weight excluding hydrogens is 338 g/mol. The normalized spacial score (nSPS) is 17.5. The first-order valence-electron chi connectivity index (χ1n) is 10.5. The zero-order chi connectivity index (χ0) is 19.2. The maximum absolute atomic E-state index is 12.7. The van der Waals surface area contributed by atoms with Gasteiger partial charge in [0.15, 0.2) is 0 Å². The average Bonchev–Trinajstić information content (AvgIpc) is 3.33. The number of amides is 2. The largest absolute Gasteiger partial charge is 0.371 e. The van der Waals surface area contributed by atoms with Crippen LogP contribution in [-0.2, 0) is 4.79 Å². The maximum atomic E-state index is 12.7. The summed E-state index contributed by atoms with van der Waals surface area (Å²) in [6, 6.07) is 5.81. The fourth-order valence-corrected chi connectivity index (χ4v) is 4.23. The van der Waals surface area contributed by atoms with E-state index in [9.17, 15) is 9.59 Å². The third kappa shape index (κ3) is 5.47. The van der Waals surface area contributed by atoms with E-state index in [1.807, 2.05) is 32.0 Å². The Morgan fingerprint density at radius 1 is 1.11 bits per heavy atom. The van der Waals surface area contributed by atoms with Crippen LogP contribution in [0, 0.1) is 5.92 Å². The second kappa shape index (κ2) is 9.25. The third-order valence-corrected chi connectivity index (χ3v) is 5.65. The summed E-state index contributed by atoms with van der Waals surface area (Å²) in [5, 5.41) is 5.98. The van der Waals surface area contributed by atoms with E-state index in [0.29, 0.717) is 23.6 Å². The summed E-state index contributed by atoms with van der Waals surface area (Å²) in [7, 11) is 0. The number of hydrogen-bond donors (Lipinski definition) is 2. The van der Waals surface area contributed by atoms with Gasteiger partial charge in [-0.15, -0.1) is 0 Å². The molecule has 0 spiro atoms. The van der Waals surface area contributed by atoms with E-state index in [0.717, 1.165) is 38.0 Å². The van der Waals surface area contributed by atoms with Crippen LogP contribution < -0.4 is 15.5 Å². The van der Waals surface area contributed by atoms with Crippen molar-refractivity contribution in [3.8, 4) is 0 Å². The van der Waals surface area contributed by atoms with Gasteiger partial charge in [-0.2, -0.15) is 0 Å². The fraction of sp³-hybridized carbons (Fsp3) is 0.636. The van der Waals surface area contributed by atoms with Gasteiger partial charge in [0.1, 0.15) is 0 Å². The van der Waals surface area contributed by atoms with Crippen molar-refractivity contribution in [2.75, 3.05) is 23.3 Å². The Balaban J connectivity index is 1.69. The SMILES string of the molecule is CC(C)NC(=O)c1cc(NC(=O)CCC2CCCC2)ccc1N1CCCC1. The molecule has 27 heavy (non-hydrogen) atoms. The summed E-state index contributed by atoms with van der Waals surface area (Å²) >= 11 is 0. The molecule has 1 aliphatic heterocycles. The molecule has 1 saturated heterocycles. The van der Waals surface area contributed by atoms with Gasteiger partial charge in [0.05, 0.1) is 5.56 Å². The van der Waals surface area contributed by atoms with Gasteiger partial charge in [0.2, 0.25) is 5.91 Å². The number of carbonyl (C=O) groups is 2. The molecule has 0 aromatic heterocycles. The van der Waals surface area contributed by atoms with E-state index in [-0.39, 0.29) is 17.9 Å². The summed E-state index contributed by atoms with van der Waals surface area (Å²) in [5.74, 6) is 0.681. The van der Waals surface area contributed by atoms with Gasteiger partial charge < -0.3 is 15.5 Å². The molecule has 2 N–H and O–H groups in total. The molecule has 2 fully saturated rings. The zero-order valence-corrected chi connectivity index (χ0v) is 16.7. The Labute approximate surface area is 162 Å². The average molecular weight is 372 g/mol. The minimum absolute atomic E-state index is 0.0473. The lowest BCUT2D eigenvalue weighted by molar-refractivity contribution is -0.116. The highest BCUT2D eigenvalue weighted by Crippen LogP contribution is 2.30. The van der Waals surface area contributed by atoms with Crippen molar-refractivity contribution < 1.29 is 9.59 Å². The zero-order valence-electron chi connectivity index (χ0n) is 16.7. The molecule has 0 radical (unpaired) electrons. The minimum Gasteiger partial charge on any atom is -0.371 e. The fourth-order valence-electron chi connectivity index (χ4n) is 4.23. The summed E-state index contributed by atoms with van der Waals surface area (Å²) in [5.41, 5.74) is 2.33. The number of hydrogen-bond acceptors (Lipinski definition) is 3. The Hall–Kier alpha value is -2.04. The molecule has 0 bridgehead atoms. The molecule has 2 aliphatic rings. The molecule has 3 rings (SSSR count). The van der Waals surface area contributed by atoms with Crippen LogP contribution >= 0.6 is 0 Å². The van der Waals surface area contributed by atoms with Crippen LogP contribution in [0.4, 0.5) is 11.4 Å². The second-order valence-corrected chi connectivity index (χ2v) is 8.29. The van der Waals surface area contributed by atoms with E-state index in [2.05, 4.69) is 15.5 Å². The quantitative estimate of drug-likeness (QED) is 0.750. The monoisotopic (exact) mass is 371 g/mol. The van der Waals surface area contributed by atoms with Crippen molar-refractivity contribution >= 4 is 23.2 Å². The van der Waals surface area contributed by atoms with E-state index >= 15 is 0 Å². The van der Waals surface area contributed by atoms with Crippen LogP contribution in [0.2, 0.25) is 0 Å². The van der Waals surface area contributed by atoms with Crippen LogP contribution in [0.5, 0.6) is 0 Å². The van der Waals surface area contributed by atoms with E-state index in [1.165, 1.54) is 25.7 Å². The summed E-state index contributed by atoms with van der Waals surface area (Å²) in [4.78, 5) is 27.3. The first kappa shape index (κ1) is 19.7. The van der Waals surface area contributed by atoms with Crippen molar-refractivity contribution in [1.82, 2.24) is 5.32 Å². The van der Waals surface area contributed by atoms with Crippen molar-refractivity contribution in [1.29, 1.82) is 0 Å². The molecule has 2 amide bonds. The lowest BCUT2D eigenvalue weighted by Crippen LogP contribution is -2.32. The Bertz CT molecular complexity index is 660. The molecule has 0 atom stereocenters. The van der Waals surface area contributed by atoms with E-state index in [4.69, 9.17) is 0 Å². The second-order valence-electron chi connectivity index (χ2n) is 8.29. The van der Waals surface area contributed by atoms with Crippen molar-refractivity contribution in [2.45, 2.75) is 71.3 Å². The molecule has 5 nitrogen and oxygen atoms in total. The predicted molar refractivity (Wildman–Crippen MR) is 110 cm³/mol. The molecule has 1 saturated carbocycles. The Morgan fingerprint density at radius 3 is 2.48 bits per heavy atom. The summed E-state index contributed by atoms with van der Waals surface area (Å²) in [6.45, 7) is 5.88. The Kier molecular flexibility index (Phi) is 6.75. The number of nitrogens with one attached hydrogen (secondary N) is 2. The van der Waals surface area contributed by atoms with Crippen LogP contribution in [0.25, 0.3) is 0 Å². The lowest BCUT2D eigenvalue weighted by Gasteiger charge is -2.22. The number of benzene rings is 1. The predicted octanol–water partition coefficient (Wildman–Crippen LogP) is 4.33.